The van der Waals surface area contributed by atoms with Gasteiger partial charge in [0.1, 0.15) is 6.29 Å². The minimum Gasteiger partial charge on any atom is -0.374 e. The van der Waals surface area contributed by atoms with Crippen LogP contribution in [0.25, 0.3) is 0 Å². The number of hydrogen-bond donors (Lipinski definition) is 0. The minimum absolute atomic E-state index is 0.0220. The number of aldehydes is 1. The molecule has 1 atom stereocenters. The van der Waals surface area contributed by atoms with E-state index in [4.69, 9.17) is 4.74 Å². The summed E-state index contributed by atoms with van der Waals surface area (Å²) in [6, 6.07) is 0. The standard InChI is InChI=1S/C17H28N2O3/c1-13(2)14(11-20)12-22-15-9-19(10-15)16(21)7-8-17(3,4)18(5)6/h11,13-15H,9-10,12H2,1-6H3. The van der Waals surface area contributed by atoms with Gasteiger partial charge in [0, 0.05) is 19.0 Å². The maximum absolute atomic E-state index is 12.0. The average Bonchev–Trinajstić information content (AvgIpc) is 2.38. The van der Waals surface area contributed by atoms with E-state index in [1.165, 1.54) is 0 Å². The number of hydrogen-bond acceptors (Lipinski definition) is 4. The summed E-state index contributed by atoms with van der Waals surface area (Å²) < 4.78 is 5.67. The number of nitrogens with zero attached hydrogens (tertiary/aromatic N) is 2. The van der Waals surface area contributed by atoms with E-state index in [2.05, 4.69) is 11.8 Å². The third-order valence-electron chi connectivity index (χ3n) is 4.28. The second kappa shape index (κ2) is 7.75. The minimum atomic E-state index is -0.328. The summed E-state index contributed by atoms with van der Waals surface area (Å²) in [6.07, 6.45) is 0.968. The number of carbonyl (C=O) groups is 2. The molecule has 22 heavy (non-hydrogen) atoms. The summed E-state index contributed by atoms with van der Waals surface area (Å²) in [4.78, 5) is 26.5. The van der Waals surface area contributed by atoms with Gasteiger partial charge in [0.2, 0.25) is 0 Å². The van der Waals surface area contributed by atoms with Crippen LogP contribution in [0.2, 0.25) is 0 Å². The van der Waals surface area contributed by atoms with Crippen molar-refractivity contribution in [2.45, 2.75) is 39.3 Å². The van der Waals surface area contributed by atoms with Gasteiger partial charge in [-0.15, -0.1) is 0 Å². The summed E-state index contributed by atoms with van der Waals surface area (Å²) >= 11 is 0. The van der Waals surface area contributed by atoms with Crippen molar-refractivity contribution < 1.29 is 14.3 Å². The molecule has 1 saturated heterocycles. The largest absolute Gasteiger partial charge is 0.374 e. The van der Waals surface area contributed by atoms with Crippen LogP contribution in [0.5, 0.6) is 0 Å². The van der Waals surface area contributed by atoms with Crippen molar-refractivity contribution in [1.29, 1.82) is 0 Å². The van der Waals surface area contributed by atoms with Gasteiger partial charge < -0.3 is 14.4 Å². The zero-order chi connectivity index (χ0) is 16.9. The van der Waals surface area contributed by atoms with E-state index < -0.39 is 0 Å². The second-order valence-electron chi connectivity index (χ2n) is 6.91. The van der Waals surface area contributed by atoms with Gasteiger partial charge in [-0.2, -0.15) is 0 Å². The van der Waals surface area contributed by atoms with Gasteiger partial charge >= 0.3 is 0 Å². The van der Waals surface area contributed by atoms with E-state index in [0.29, 0.717) is 19.7 Å². The summed E-state index contributed by atoms with van der Waals surface area (Å²) in [5, 5.41) is 0. The monoisotopic (exact) mass is 308 g/mol. The third-order valence-corrected chi connectivity index (χ3v) is 4.28. The first-order chi connectivity index (χ1) is 10.2. The highest BCUT2D eigenvalue weighted by molar-refractivity contribution is 5.94. The third kappa shape index (κ3) is 5.11. The zero-order valence-corrected chi connectivity index (χ0v) is 14.5. The zero-order valence-electron chi connectivity index (χ0n) is 14.5. The Kier molecular flexibility index (Phi) is 6.58. The molecule has 0 N–H and O–H groups in total. The first-order valence-corrected chi connectivity index (χ1v) is 7.73. The Morgan fingerprint density at radius 2 is 2.00 bits per heavy atom. The first kappa shape index (κ1) is 18.7. The molecule has 1 heterocycles. The van der Waals surface area contributed by atoms with Crippen molar-refractivity contribution in [3.8, 4) is 11.8 Å². The molecule has 0 spiro atoms. The molecule has 0 saturated carbocycles. The molecule has 0 radical (unpaired) electrons. The van der Waals surface area contributed by atoms with Crippen molar-refractivity contribution in [3.63, 3.8) is 0 Å². The van der Waals surface area contributed by atoms with Gasteiger partial charge in [0.15, 0.2) is 0 Å². The smallest absolute Gasteiger partial charge is 0.298 e. The lowest BCUT2D eigenvalue weighted by atomic mass is 9.98. The molecular weight excluding hydrogens is 280 g/mol. The predicted molar refractivity (Wildman–Crippen MR) is 86.3 cm³/mol. The second-order valence-corrected chi connectivity index (χ2v) is 6.91. The van der Waals surface area contributed by atoms with Crippen LogP contribution in [0.4, 0.5) is 0 Å². The Morgan fingerprint density at radius 3 is 2.45 bits per heavy atom. The van der Waals surface area contributed by atoms with Gasteiger partial charge in [-0.1, -0.05) is 19.8 Å². The van der Waals surface area contributed by atoms with E-state index >= 15 is 0 Å². The van der Waals surface area contributed by atoms with Crippen LogP contribution >= 0.6 is 0 Å². The van der Waals surface area contributed by atoms with Crippen molar-refractivity contribution in [1.82, 2.24) is 9.80 Å². The quantitative estimate of drug-likeness (QED) is 0.543. The molecule has 1 aliphatic rings. The molecular formula is C17H28N2O3. The Balaban J connectivity index is 2.37. The Morgan fingerprint density at radius 1 is 1.41 bits per heavy atom. The van der Waals surface area contributed by atoms with Gasteiger partial charge in [-0.05, 0) is 39.8 Å². The maximum Gasteiger partial charge on any atom is 0.298 e. The molecule has 124 valence electrons. The van der Waals surface area contributed by atoms with Gasteiger partial charge in [-0.25, -0.2) is 0 Å². The number of ether oxygens (including phenoxy) is 1. The van der Waals surface area contributed by atoms with Gasteiger partial charge in [0.05, 0.1) is 18.2 Å². The van der Waals surface area contributed by atoms with Crippen LogP contribution in [0.15, 0.2) is 0 Å². The van der Waals surface area contributed by atoms with Gasteiger partial charge in [-0.3, -0.25) is 9.69 Å². The van der Waals surface area contributed by atoms with Crippen molar-refractivity contribution >= 4 is 12.2 Å². The van der Waals surface area contributed by atoms with Crippen molar-refractivity contribution in [3.05, 3.63) is 0 Å². The average molecular weight is 308 g/mol. The fourth-order valence-corrected chi connectivity index (χ4v) is 1.74. The highest BCUT2D eigenvalue weighted by Gasteiger charge is 2.31. The molecule has 5 heteroatoms. The molecule has 0 aromatic rings. The lowest BCUT2D eigenvalue weighted by Gasteiger charge is -2.38. The summed E-state index contributed by atoms with van der Waals surface area (Å²) in [5.74, 6) is 5.73. The Labute approximate surface area is 134 Å². The summed E-state index contributed by atoms with van der Waals surface area (Å²) in [5.41, 5.74) is -0.328. The first-order valence-electron chi connectivity index (χ1n) is 7.73. The fraction of sp³-hybridized carbons (Fsp3) is 0.765. The van der Waals surface area contributed by atoms with E-state index in [1.54, 1.807) is 4.90 Å². The van der Waals surface area contributed by atoms with E-state index in [1.807, 2.05) is 46.7 Å². The Hall–Kier alpha value is -1.38. The Bertz CT molecular complexity index is 454. The van der Waals surface area contributed by atoms with E-state index in [-0.39, 0.29) is 29.4 Å². The number of rotatable bonds is 6. The predicted octanol–water partition coefficient (Wildman–Crippen LogP) is 1.03. The lowest BCUT2D eigenvalue weighted by Crippen LogP contribution is -2.55. The SMILES string of the molecule is CC(C)C(C=O)COC1CN(C(=O)C#CC(C)(C)N(C)C)C1. The number of likely N-dealkylation sites (tertiary alicyclic amines) is 1. The fourth-order valence-electron chi connectivity index (χ4n) is 1.74. The van der Waals surface area contributed by atoms with Crippen LogP contribution < -0.4 is 0 Å². The topological polar surface area (TPSA) is 49.9 Å². The number of carbonyl (C=O) groups excluding carboxylic acids is 2. The van der Waals surface area contributed by atoms with Crippen LogP contribution in [0.1, 0.15) is 27.7 Å². The van der Waals surface area contributed by atoms with Gasteiger partial charge in [0.25, 0.3) is 5.91 Å². The normalized spacial score (nSPS) is 17.0. The van der Waals surface area contributed by atoms with Crippen molar-refractivity contribution in [2.24, 2.45) is 11.8 Å². The molecule has 0 aromatic heterocycles. The van der Waals surface area contributed by atoms with E-state index in [0.717, 1.165) is 6.29 Å². The van der Waals surface area contributed by atoms with Crippen LogP contribution in [-0.4, -0.2) is 67.4 Å². The molecule has 0 aromatic carbocycles. The highest BCUT2D eigenvalue weighted by atomic mass is 16.5. The molecule has 0 bridgehead atoms. The maximum atomic E-state index is 12.0. The summed E-state index contributed by atoms with van der Waals surface area (Å²) in [6.45, 7) is 9.48. The van der Waals surface area contributed by atoms with E-state index in [9.17, 15) is 9.59 Å². The van der Waals surface area contributed by atoms with Crippen LogP contribution in [0, 0.1) is 23.7 Å². The molecule has 1 rings (SSSR count). The molecule has 1 aliphatic heterocycles. The molecule has 5 nitrogen and oxygen atoms in total. The van der Waals surface area contributed by atoms with Crippen molar-refractivity contribution in [2.75, 3.05) is 33.8 Å². The molecule has 1 fully saturated rings. The van der Waals surface area contributed by atoms with Crippen LogP contribution in [-0.2, 0) is 14.3 Å². The molecule has 1 unspecified atom stereocenters. The highest BCUT2D eigenvalue weighted by Crippen LogP contribution is 2.16. The lowest BCUT2D eigenvalue weighted by molar-refractivity contribution is -0.141. The number of amides is 1. The molecule has 1 amide bonds. The summed E-state index contributed by atoms with van der Waals surface area (Å²) in [7, 11) is 3.87. The van der Waals surface area contributed by atoms with Crippen LogP contribution in [0.3, 0.4) is 0 Å². The molecule has 0 aliphatic carbocycles.